The van der Waals surface area contributed by atoms with Crippen LogP contribution in [0, 0.1) is 0 Å². The smallest absolute Gasteiger partial charge is 0.185 e. The number of fused-ring (bicyclic) bond motifs is 1. The molecule has 1 aromatic heterocycles. The van der Waals surface area contributed by atoms with Crippen molar-refractivity contribution in [1.82, 2.24) is 15.7 Å². The molecule has 0 atom stereocenters. The lowest BCUT2D eigenvalue weighted by Crippen LogP contribution is -2.38. The second-order valence-electron chi connectivity index (χ2n) is 3.49. The molecule has 4 nitrogen and oxygen atoms in total. The molecule has 0 spiro atoms. The number of aromatic nitrogens is 1. The first-order chi connectivity index (χ1) is 8.31. The molecule has 88 valence electrons. The summed E-state index contributed by atoms with van der Waals surface area (Å²) in [5.74, 6) is 0. The molecule has 0 radical (unpaired) electrons. The van der Waals surface area contributed by atoms with Crippen LogP contribution in [0.1, 0.15) is 6.92 Å². The summed E-state index contributed by atoms with van der Waals surface area (Å²) in [5, 5.41) is 4.66. The molecule has 0 aliphatic carbocycles. The number of pyridine rings is 1. The number of benzene rings is 1. The summed E-state index contributed by atoms with van der Waals surface area (Å²) in [6.07, 6.45) is 1.77. The lowest BCUT2D eigenvalue weighted by atomic mass is 10.2. The Morgan fingerprint density at radius 3 is 2.94 bits per heavy atom. The fraction of sp³-hybridized carbons (Fsp3) is 0.167. The molecule has 0 aliphatic heterocycles. The van der Waals surface area contributed by atoms with Gasteiger partial charge in [0, 0.05) is 18.1 Å². The van der Waals surface area contributed by atoms with E-state index in [0.717, 1.165) is 23.1 Å². The average Bonchev–Trinajstić information content (AvgIpc) is 2.36. The molecule has 2 aromatic rings. The largest absolute Gasteiger partial charge is 0.362 e. The van der Waals surface area contributed by atoms with Gasteiger partial charge in [-0.3, -0.25) is 15.8 Å². The minimum atomic E-state index is 0.570. The monoisotopic (exact) mass is 246 g/mol. The van der Waals surface area contributed by atoms with Gasteiger partial charge in [-0.05, 0) is 31.3 Å². The van der Waals surface area contributed by atoms with Crippen LogP contribution in [0.25, 0.3) is 10.9 Å². The van der Waals surface area contributed by atoms with Crippen LogP contribution in [-0.4, -0.2) is 16.6 Å². The molecular weight excluding hydrogens is 232 g/mol. The number of rotatable bonds is 3. The maximum atomic E-state index is 5.07. The van der Waals surface area contributed by atoms with Crippen LogP contribution in [0.15, 0.2) is 36.5 Å². The van der Waals surface area contributed by atoms with Gasteiger partial charge in [0.05, 0.1) is 11.2 Å². The van der Waals surface area contributed by atoms with Crippen molar-refractivity contribution in [3.8, 4) is 0 Å². The van der Waals surface area contributed by atoms with E-state index in [2.05, 4.69) is 21.2 Å². The van der Waals surface area contributed by atoms with Gasteiger partial charge in [0.15, 0.2) is 5.11 Å². The third-order valence-corrected chi connectivity index (χ3v) is 2.53. The highest BCUT2D eigenvalue weighted by atomic mass is 32.1. The van der Waals surface area contributed by atoms with E-state index < -0.39 is 0 Å². The Labute approximate surface area is 105 Å². The number of nitrogens with zero attached hydrogens (tertiary/aromatic N) is 1. The summed E-state index contributed by atoms with van der Waals surface area (Å²) in [6.45, 7) is 2.79. The summed E-state index contributed by atoms with van der Waals surface area (Å²) < 4.78 is 0. The Hall–Kier alpha value is -1.88. The van der Waals surface area contributed by atoms with E-state index in [0.29, 0.717) is 5.11 Å². The number of thiocarbonyl (C=S) groups is 1. The van der Waals surface area contributed by atoms with Gasteiger partial charge < -0.3 is 5.32 Å². The fourth-order valence-electron chi connectivity index (χ4n) is 1.53. The maximum Gasteiger partial charge on any atom is 0.185 e. The van der Waals surface area contributed by atoms with Crippen LogP contribution in [0.4, 0.5) is 5.69 Å². The summed E-state index contributed by atoms with van der Waals surface area (Å²) in [7, 11) is 0. The van der Waals surface area contributed by atoms with Gasteiger partial charge in [-0.15, -0.1) is 0 Å². The third-order valence-electron chi connectivity index (χ3n) is 2.28. The topological polar surface area (TPSA) is 49.0 Å². The van der Waals surface area contributed by atoms with Gasteiger partial charge in [-0.1, -0.05) is 18.2 Å². The van der Waals surface area contributed by atoms with Crippen LogP contribution >= 0.6 is 12.2 Å². The minimum Gasteiger partial charge on any atom is -0.362 e. The van der Waals surface area contributed by atoms with Crippen molar-refractivity contribution in [2.75, 3.05) is 12.0 Å². The van der Waals surface area contributed by atoms with Gasteiger partial charge in [-0.25, -0.2) is 0 Å². The van der Waals surface area contributed by atoms with E-state index in [1.807, 2.05) is 37.3 Å². The van der Waals surface area contributed by atoms with Crippen LogP contribution < -0.4 is 16.2 Å². The van der Waals surface area contributed by atoms with E-state index in [9.17, 15) is 0 Å². The second kappa shape index (κ2) is 5.45. The van der Waals surface area contributed by atoms with Crippen molar-refractivity contribution in [3.05, 3.63) is 36.5 Å². The average molecular weight is 246 g/mol. The molecule has 0 saturated heterocycles. The van der Waals surface area contributed by atoms with E-state index in [1.165, 1.54) is 0 Å². The van der Waals surface area contributed by atoms with Crippen LogP contribution in [0.5, 0.6) is 0 Å². The van der Waals surface area contributed by atoms with Gasteiger partial charge in [0.1, 0.15) is 0 Å². The normalized spacial score (nSPS) is 9.94. The quantitative estimate of drug-likeness (QED) is 0.571. The van der Waals surface area contributed by atoms with E-state index in [-0.39, 0.29) is 0 Å². The molecule has 17 heavy (non-hydrogen) atoms. The molecule has 0 saturated carbocycles. The Bertz CT molecular complexity index is 521. The zero-order valence-corrected chi connectivity index (χ0v) is 10.3. The molecule has 2 rings (SSSR count). The Morgan fingerprint density at radius 2 is 2.12 bits per heavy atom. The van der Waals surface area contributed by atoms with E-state index in [4.69, 9.17) is 12.2 Å². The highest BCUT2D eigenvalue weighted by Crippen LogP contribution is 2.19. The molecule has 0 fully saturated rings. The predicted molar refractivity (Wildman–Crippen MR) is 74.8 cm³/mol. The number of anilines is 1. The molecule has 3 N–H and O–H groups in total. The molecule has 0 amide bonds. The Kier molecular flexibility index (Phi) is 3.72. The van der Waals surface area contributed by atoms with Gasteiger partial charge >= 0.3 is 0 Å². The lowest BCUT2D eigenvalue weighted by molar-refractivity contribution is 0.928. The number of hydrazine groups is 1. The van der Waals surface area contributed by atoms with Crippen molar-refractivity contribution < 1.29 is 0 Å². The molecule has 0 aliphatic rings. The van der Waals surface area contributed by atoms with Crippen LogP contribution in [0.3, 0.4) is 0 Å². The highest BCUT2D eigenvalue weighted by molar-refractivity contribution is 7.80. The van der Waals surface area contributed by atoms with Crippen molar-refractivity contribution in [2.45, 2.75) is 6.92 Å². The number of para-hydroxylation sites is 1. The number of nitrogens with one attached hydrogen (secondary N) is 3. The zero-order valence-electron chi connectivity index (χ0n) is 9.53. The first-order valence-electron chi connectivity index (χ1n) is 5.45. The molecule has 1 aromatic carbocycles. The second-order valence-corrected chi connectivity index (χ2v) is 3.90. The Morgan fingerprint density at radius 1 is 1.29 bits per heavy atom. The zero-order chi connectivity index (χ0) is 12.1. The first-order valence-corrected chi connectivity index (χ1v) is 5.85. The Balaban J connectivity index is 2.16. The van der Waals surface area contributed by atoms with Crippen molar-refractivity contribution in [1.29, 1.82) is 0 Å². The van der Waals surface area contributed by atoms with E-state index in [1.54, 1.807) is 6.20 Å². The van der Waals surface area contributed by atoms with E-state index >= 15 is 0 Å². The summed E-state index contributed by atoms with van der Waals surface area (Å²) in [5.41, 5.74) is 7.80. The minimum absolute atomic E-state index is 0.570. The third kappa shape index (κ3) is 2.82. The SMILES string of the molecule is CCNC(=S)NNc1cccc2cccnc12. The van der Waals surface area contributed by atoms with Crippen LogP contribution in [-0.2, 0) is 0 Å². The number of hydrogen-bond donors (Lipinski definition) is 3. The maximum absolute atomic E-state index is 5.07. The summed E-state index contributed by atoms with van der Waals surface area (Å²) in [4.78, 5) is 4.34. The summed E-state index contributed by atoms with van der Waals surface area (Å²) >= 11 is 5.07. The predicted octanol–water partition coefficient (Wildman–Crippen LogP) is 2.05. The molecule has 1 heterocycles. The van der Waals surface area contributed by atoms with Crippen molar-refractivity contribution >= 4 is 33.9 Å². The molecular formula is C12H14N4S. The van der Waals surface area contributed by atoms with Crippen LogP contribution in [0.2, 0.25) is 0 Å². The van der Waals surface area contributed by atoms with Crippen molar-refractivity contribution in [2.24, 2.45) is 0 Å². The molecule has 0 unspecified atom stereocenters. The standard InChI is InChI=1S/C12H14N4S/c1-2-13-12(17)16-15-10-7-3-5-9-6-4-8-14-11(9)10/h3-8,15H,2H2,1H3,(H2,13,16,17). The van der Waals surface area contributed by atoms with Gasteiger partial charge in [0.25, 0.3) is 0 Å². The number of hydrogen-bond acceptors (Lipinski definition) is 3. The molecule has 5 heteroatoms. The highest BCUT2D eigenvalue weighted by Gasteiger charge is 2.00. The lowest BCUT2D eigenvalue weighted by Gasteiger charge is -2.12. The fourth-order valence-corrected chi connectivity index (χ4v) is 1.73. The van der Waals surface area contributed by atoms with Crippen molar-refractivity contribution in [3.63, 3.8) is 0 Å². The van der Waals surface area contributed by atoms with Gasteiger partial charge in [0.2, 0.25) is 0 Å². The summed E-state index contributed by atoms with van der Waals surface area (Å²) in [6, 6.07) is 9.90. The first kappa shape index (κ1) is 11.6. The van der Waals surface area contributed by atoms with Gasteiger partial charge in [-0.2, -0.15) is 0 Å². The molecule has 0 bridgehead atoms.